The molecule has 0 aliphatic heterocycles. The van der Waals surface area contributed by atoms with E-state index in [2.05, 4.69) is 28.9 Å². The van der Waals surface area contributed by atoms with Gasteiger partial charge in [-0.15, -0.1) is 0 Å². The molecule has 0 radical (unpaired) electrons. The topological polar surface area (TPSA) is 131 Å². The van der Waals surface area contributed by atoms with E-state index >= 15 is 0 Å². The van der Waals surface area contributed by atoms with Gasteiger partial charge in [-0.25, -0.2) is 19.6 Å². The second-order valence-corrected chi connectivity index (χ2v) is 4.95. The van der Waals surface area contributed by atoms with Crippen LogP contribution in [0.4, 0.5) is 0 Å². The van der Waals surface area contributed by atoms with Gasteiger partial charge in [0.2, 0.25) is 0 Å². The Morgan fingerprint density at radius 1 is 0.654 bits per heavy atom. The number of carbonyl (C=O) groups is 4. The molecule has 0 N–H and O–H groups in total. The summed E-state index contributed by atoms with van der Waals surface area (Å²) >= 11 is 0. The van der Waals surface area contributed by atoms with Crippen LogP contribution in [0.1, 0.15) is 45.2 Å². The van der Waals surface area contributed by atoms with Crippen molar-refractivity contribution in [3.8, 4) is 0 Å². The van der Waals surface area contributed by atoms with Crippen molar-refractivity contribution in [1.29, 1.82) is 0 Å². The van der Waals surface area contributed by atoms with Gasteiger partial charge >= 0.3 is 23.9 Å². The van der Waals surface area contributed by atoms with E-state index < -0.39 is 23.9 Å². The molecule has 0 fully saturated rings. The lowest BCUT2D eigenvalue weighted by Crippen LogP contribution is -2.20. The fraction of sp³-hybridized carbons (Fsp3) is 0.500. The number of methoxy groups -OCH3 is 4. The summed E-state index contributed by atoms with van der Waals surface area (Å²) in [6.07, 6.45) is -0.134. The Morgan fingerprint density at radius 2 is 1.00 bits per heavy atom. The van der Waals surface area contributed by atoms with Crippen molar-refractivity contribution < 1.29 is 38.1 Å². The zero-order chi connectivity index (χ0) is 19.7. The summed E-state index contributed by atoms with van der Waals surface area (Å²) < 4.78 is 18.5. The molecule has 0 saturated heterocycles. The number of hydrogen-bond acceptors (Lipinski definition) is 10. The van der Waals surface area contributed by atoms with Gasteiger partial charge in [-0.3, -0.25) is 9.59 Å². The quantitative estimate of drug-likeness (QED) is 0.465. The van der Waals surface area contributed by atoms with Crippen molar-refractivity contribution in [3.05, 3.63) is 22.8 Å². The summed E-state index contributed by atoms with van der Waals surface area (Å²) in [5.74, 6) is -2.60. The SMILES string of the molecule is COC(=O)CCc1nc(C(=O)OC)c(CCC(=O)OC)nc1C(=O)OC. The van der Waals surface area contributed by atoms with Gasteiger partial charge in [0.1, 0.15) is 0 Å². The molecule has 0 saturated carbocycles. The minimum atomic E-state index is -0.784. The number of esters is 4. The highest BCUT2D eigenvalue weighted by Gasteiger charge is 2.24. The van der Waals surface area contributed by atoms with Gasteiger partial charge in [0.25, 0.3) is 0 Å². The fourth-order valence-corrected chi connectivity index (χ4v) is 2.02. The van der Waals surface area contributed by atoms with E-state index in [0.29, 0.717) is 0 Å². The number of carbonyl (C=O) groups excluding carboxylic acids is 4. The zero-order valence-electron chi connectivity index (χ0n) is 15.0. The van der Waals surface area contributed by atoms with E-state index in [9.17, 15) is 19.2 Å². The molecule has 1 aromatic heterocycles. The Balaban J connectivity index is 3.34. The fourth-order valence-electron chi connectivity index (χ4n) is 2.02. The van der Waals surface area contributed by atoms with Crippen LogP contribution in [0.15, 0.2) is 0 Å². The van der Waals surface area contributed by atoms with Gasteiger partial charge in [0.15, 0.2) is 11.4 Å². The van der Waals surface area contributed by atoms with E-state index in [1.807, 2.05) is 0 Å². The van der Waals surface area contributed by atoms with Gasteiger partial charge < -0.3 is 18.9 Å². The third-order valence-electron chi connectivity index (χ3n) is 3.38. The molecule has 0 aliphatic rings. The summed E-state index contributed by atoms with van der Waals surface area (Å²) in [4.78, 5) is 55.0. The van der Waals surface area contributed by atoms with Crippen LogP contribution in [0.3, 0.4) is 0 Å². The average molecular weight is 368 g/mol. The molecule has 0 aromatic carbocycles. The van der Waals surface area contributed by atoms with Gasteiger partial charge in [-0.05, 0) is 0 Å². The molecule has 10 heteroatoms. The second kappa shape index (κ2) is 10.1. The van der Waals surface area contributed by atoms with Gasteiger partial charge in [-0.1, -0.05) is 0 Å². The molecule has 1 heterocycles. The number of hydrogen-bond donors (Lipinski definition) is 0. The first-order valence-electron chi connectivity index (χ1n) is 7.57. The van der Waals surface area contributed by atoms with E-state index in [4.69, 9.17) is 0 Å². The van der Waals surface area contributed by atoms with E-state index in [1.165, 1.54) is 14.2 Å². The Morgan fingerprint density at radius 3 is 1.27 bits per heavy atom. The predicted octanol–water partition coefficient (Wildman–Crippen LogP) is 0.261. The maximum absolute atomic E-state index is 12.0. The van der Waals surface area contributed by atoms with Gasteiger partial charge in [0, 0.05) is 12.8 Å². The highest BCUT2D eigenvalue weighted by Crippen LogP contribution is 2.16. The number of rotatable bonds is 8. The molecule has 26 heavy (non-hydrogen) atoms. The highest BCUT2D eigenvalue weighted by atomic mass is 16.5. The van der Waals surface area contributed by atoms with Crippen LogP contribution < -0.4 is 0 Å². The molecule has 0 spiro atoms. The molecule has 0 aliphatic carbocycles. The zero-order valence-corrected chi connectivity index (χ0v) is 15.0. The van der Waals surface area contributed by atoms with Crippen molar-refractivity contribution in [3.63, 3.8) is 0 Å². The molecule has 10 nitrogen and oxygen atoms in total. The van der Waals surface area contributed by atoms with Gasteiger partial charge in [0.05, 0.1) is 52.7 Å². The normalized spacial score (nSPS) is 10.0. The first-order chi connectivity index (χ1) is 12.4. The van der Waals surface area contributed by atoms with E-state index in [-0.39, 0.29) is 48.5 Å². The van der Waals surface area contributed by atoms with Crippen molar-refractivity contribution in [1.82, 2.24) is 9.97 Å². The largest absolute Gasteiger partial charge is 0.469 e. The molecule has 142 valence electrons. The molecule has 1 rings (SSSR count). The second-order valence-electron chi connectivity index (χ2n) is 4.95. The van der Waals surface area contributed by atoms with Crippen LogP contribution in [-0.4, -0.2) is 62.3 Å². The van der Waals surface area contributed by atoms with Crippen LogP contribution in [0.2, 0.25) is 0 Å². The lowest BCUT2D eigenvalue weighted by atomic mass is 10.1. The summed E-state index contributed by atoms with van der Waals surface area (Å²) in [7, 11) is 4.78. The van der Waals surface area contributed by atoms with Crippen LogP contribution in [0, 0.1) is 0 Å². The Labute approximate surface area is 149 Å². The molecule has 0 amide bonds. The summed E-state index contributed by atoms with van der Waals surface area (Å²) in [5, 5.41) is 0. The van der Waals surface area contributed by atoms with E-state index in [1.54, 1.807) is 0 Å². The lowest BCUT2D eigenvalue weighted by molar-refractivity contribution is -0.141. The minimum absolute atomic E-state index is 0.00534. The Hall–Kier alpha value is -3.04. The number of nitrogens with zero attached hydrogens (tertiary/aromatic N) is 2. The molecule has 0 unspecified atom stereocenters. The minimum Gasteiger partial charge on any atom is -0.469 e. The lowest BCUT2D eigenvalue weighted by Gasteiger charge is -2.12. The van der Waals surface area contributed by atoms with Crippen molar-refractivity contribution in [2.75, 3.05) is 28.4 Å². The number of aromatic nitrogens is 2. The maximum Gasteiger partial charge on any atom is 0.358 e. The average Bonchev–Trinajstić information content (AvgIpc) is 2.68. The maximum atomic E-state index is 12.0. The molecular weight excluding hydrogens is 348 g/mol. The third kappa shape index (κ3) is 5.50. The standard InChI is InChI=1S/C16H20N2O8/c1-23-11(19)7-5-9-13(15(21)25-3)18-10(6-8-12(20)24-2)14(17-9)16(22)26-4/h5-8H2,1-4H3. The Bertz CT molecular complexity index is 642. The summed E-state index contributed by atoms with van der Waals surface area (Å²) in [6, 6.07) is 0. The van der Waals surface area contributed by atoms with Crippen LogP contribution >= 0.6 is 0 Å². The highest BCUT2D eigenvalue weighted by molar-refractivity contribution is 5.92. The van der Waals surface area contributed by atoms with E-state index in [0.717, 1.165) is 14.2 Å². The van der Waals surface area contributed by atoms with Crippen molar-refractivity contribution in [2.24, 2.45) is 0 Å². The third-order valence-corrected chi connectivity index (χ3v) is 3.38. The number of ether oxygens (including phenoxy) is 4. The summed E-state index contributed by atoms with van der Waals surface area (Å²) in [6.45, 7) is 0. The van der Waals surface area contributed by atoms with Gasteiger partial charge in [-0.2, -0.15) is 0 Å². The first-order valence-corrected chi connectivity index (χ1v) is 7.57. The molecule has 0 atom stereocenters. The van der Waals surface area contributed by atoms with Crippen molar-refractivity contribution in [2.45, 2.75) is 25.7 Å². The first kappa shape index (κ1) is 21.0. The number of aryl methyl sites for hydroxylation is 2. The van der Waals surface area contributed by atoms with Crippen LogP contribution in [-0.2, 0) is 41.4 Å². The molecular formula is C16H20N2O8. The predicted molar refractivity (Wildman–Crippen MR) is 85.4 cm³/mol. The Kier molecular flexibility index (Phi) is 8.13. The van der Waals surface area contributed by atoms with Crippen LogP contribution in [0.25, 0.3) is 0 Å². The smallest absolute Gasteiger partial charge is 0.358 e. The van der Waals surface area contributed by atoms with Crippen molar-refractivity contribution >= 4 is 23.9 Å². The monoisotopic (exact) mass is 368 g/mol. The summed E-state index contributed by atoms with van der Waals surface area (Å²) in [5.41, 5.74) is -0.123. The van der Waals surface area contributed by atoms with Crippen LogP contribution in [0.5, 0.6) is 0 Å². The molecule has 0 bridgehead atoms. The molecule has 1 aromatic rings.